The quantitative estimate of drug-likeness (QED) is 0.419. The molecule has 0 radical (unpaired) electrons. The van der Waals surface area contributed by atoms with E-state index >= 15 is 0 Å². The summed E-state index contributed by atoms with van der Waals surface area (Å²) in [6, 6.07) is 20.6. The normalized spacial score (nSPS) is 11.3. The topological polar surface area (TPSA) is 95.0 Å². The molecule has 138 valence electrons. The van der Waals surface area contributed by atoms with E-state index in [1.807, 2.05) is 18.2 Å². The smallest absolute Gasteiger partial charge is 0.475 e. The number of diazo groups is 1. The van der Waals surface area contributed by atoms with E-state index in [1.54, 1.807) is 54.6 Å². The van der Waals surface area contributed by atoms with Crippen LogP contribution >= 0.6 is 0 Å². The first-order chi connectivity index (χ1) is 13.6. The van der Waals surface area contributed by atoms with Crippen molar-refractivity contribution in [2.24, 2.45) is 0 Å². The van der Waals surface area contributed by atoms with Gasteiger partial charge in [0.15, 0.2) is 4.98 Å². The van der Waals surface area contributed by atoms with Crippen LogP contribution in [0, 0.1) is 5.39 Å². The van der Waals surface area contributed by atoms with Crippen molar-refractivity contribution in [3.8, 4) is 0 Å². The summed E-state index contributed by atoms with van der Waals surface area (Å²) in [5.41, 5.74) is -0.264. The van der Waals surface area contributed by atoms with Crippen LogP contribution in [0.25, 0.3) is 15.7 Å². The summed E-state index contributed by atoms with van der Waals surface area (Å²) in [5.74, 6) is -2.58. The Morgan fingerprint density at radius 1 is 0.964 bits per heavy atom. The molecule has 0 fully saturated rings. The maximum Gasteiger partial charge on any atom is 0.528 e. The summed E-state index contributed by atoms with van der Waals surface area (Å²) in [6.45, 7) is 0. The molecule has 3 aromatic rings. The lowest BCUT2D eigenvalue weighted by Gasteiger charge is -2.19. The fourth-order valence-electron chi connectivity index (χ4n) is 2.82. The van der Waals surface area contributed by atoms with Gasteiger partial charge in [0.2, 0.25) is 5.39 Å². The predicted molar refractivity (Wildman–Crippen MR) is 104 cm³/mol. The average molecular weight is 374 g/mol. The Kier molecular flexibility index (Phi) is 5.33. The first-order valence-electron chi connectivity index (χ1n) is 8.32. The first kappa shape index (κ1) is 18.6. The molecule has 0 atom stereocenters. The molecule has 1 N–H and O–H groups in total. The molecule has 0 aliphatic rings. The number of aliphatic hydroxyl groups is 1. The van der Waals surface area contributed by atoms with E-state index in [-0.39, 0.29) is 11.3 Å². The number of hydrogen-bond donors (Lipinski definition) is 1. The van der Waals surface area contributed by atoms with E-state index in [2.05, 4.69) is 9.71 Å². The van der Waals surface area contributed by atoms with E-state index in [1.165, 1.54) is 0 Å². The number of benzene rings is 3. The number of anilines is 1. The summed E-state index contributed by atoms with van der Waals surface area (Å²) in [7, 11) is 1.10. The lowest BCUT2D eigenvalue weighted by molar-refractivity contribution is -0.114. The minimum atomic E-state index is -1.04. The molecule has 3 rings (SSSR count). The van der Waals surface area contributed by atoms with Crippen LogP contribution in [0.4, 0.5) is 5.69 Å². The van der Waals surface area contributed by atoms with Crippen molar-refractivity contribution in [2.45, 2.75) is 0 Å². The number of aliphatic hydroxyl groups excluding tert-OH is 1. The van der Waals surface area contributed by atoms with Crippen molar-refractivity contribution in [3.05, 3.63) is 95.0 Å². The highest BCUT2D eigenvalue weighted by Gasteiger charge is 2.39. The van der Waals surface area contributed by atoms with Gasteiger partial charge in [0.1, 0.15) is 0 Å². The van der Waals surface area contributed by atoms with Crippen LogP contribution in [0.1, 0.15) is 10.4 Å². The zero-order chi connectivity index (χ0) is 20.1. The molecule has 0 heterocycles. The van der Waals surface area contributed by atoms with Gasteiger partial charge in [0.25, 0.3) is 5.91 Å². The van der Waals surface area contributed by atoms with Crippen LogP contribution < -0.4 is 4.90 Å². The molecule has 2 amide bonds. The summed E-state index contributed by atoms with van der Waals surface area (Å²) >= 11 is 0. The molecule has 0 saturated carbocycles. The van der Waals surface area contributed by atoms with Crippen LogP contribution in [0.15, 0.2) is 84.4 Å². The van der Waals surface area contributed by atoms with Crippen LogP contribution in [0.5, 0.6) is 0 Å². The van der Waals surface area contributed by atoms with Gasteiger partial charge in [-0.15, -0.1) is 0 Å². The van der Waals surface area contributed by atoms with Gasteiger partial charge in [0, 0.05) is 5.56 Å². The van der Waals surface area contributed by atoms with Crippen molar-refractivity contribution in [3.63, 3.8) is 0 Å². The van der Waals surface area contributed by atoms with Gasteiger partial charge < -0.3 is 9.84 Å². The molecule has 7 heteroatoms. The molecule has 0 spiro atoms. The lowest BCUT2D eigenvalue weighted by atomic mass is 10.0. The number of fused-ring (bicyclic) bond motifs is 1. The van der Waals surface area contributed by atoms with Crippen LogP contribution in [0.2, 0.25) is 0 Å². The van der Waals surface area contributed by atoms with Crippen molar-refractivity contribution < 1.29 is 19.4 Å². The van der Waals surface area contributed by atoms with Crippen LogP contribution in [0.3, 0.4) is 0 Å². The highest BCUT2D eigenvalue weighted by Crippen LogP contribution is 2.25. The molecule has 0 unspecified atom stereocenters. The van der Waals surface area contributed by atoms with Crippen LogP contribution in [-0.2, 0) is 9.53 Å². The Morgan fingerprint density at radius 3 is 2.29 bits per heavy atom. The Balaban J connectivity index is 2.19. The van der Waals surface area contributed by atoms with Crippen molar-refractivity contribution in [1.82, 2.24) is 0 Å². The number of imide groups is 1. The molecule has 0 saturated heterocycles. The Morgan fingerprint density at radius 2 is 1.61 bits per heavy atom. The second-order valence-corrected chi connectivity index (χ2v) is 5.77. The van der Waals surface area contributed by atoms with Gasteiger partial charge in [-0.3, -0.25) is 9.59 Å². The fraction of sp³-hybridized carbons (Fsp3) is 0.0476. The predicted octanol–water partition coefficient (Wildman–Crippen LogP) is 4.24. The van der Waals surface area contributed by atoms with E-state index in [0.29, 0.717) is 5.39 Å². The Labute approximate surface area is 160 Å². The fourth-order valence-corrected chi connectivity index (χ4v) is 2.82. The summed E-state index contributed by atoms with van der Waals surface area (Å²) < 4.78 is 4.59. The minimum Gasteiger partial charge on any atom is -0.475 e. The van der Waals surface area contributed by atoms with Crippen molar-refractivity contribution in [2.75, 3.05) is 12.0 Å². The number of methoxy groups -OCH3 is 1. The second kappa shape index (κ2) is 8.01. The van der Waals surface area contributed by atoms with Gasteiger partial charge in [-0.25, -0.2) is 4.90 Å². The molecule has 7 nitrogen and oxygen atoms in total. The molecule has 0 aromatic heterocycles. The van der Waals surface area contributed by atoms with Crippen LogP contribution in [-0.4, -0.2) is 24.0 Å². The third-order valence-corrected chi connectivity index (χ3v) is 4.14. The van der Waals surface area contributed by atoms with E-state index < -0.39 is 23.5 Å². The SMILES string of the molecule is CO/C(O)=C(\[N+]#N)C(=O)N(C(=O)c1cccc2ccccc12)c1ccccc1. The summed E-state index contributed by atoms with van der Waals surface area (Å²) in [6.07, 6.45) is 0. The molecule has 0 aliphatic heterocycles. The average Bonchev–Trinajstić information content (AvgIpc) is 2.74. The largest absolute Gasteiger partial charge is 0.528 e. The molecule has 0 aliphatic carbocycles. The molecular formula is C21H16N3O4+. The lowest BCUT2D eigenvalue weighted by Crippen LogP contribution is -2.38. The van der Waals surface area contributed by atoms with Crippen molar-refractivity contribution >= 4 is 28.3 Å². The van der Waals surface area contributed by atoms with E-state index in [9.17, 15) is 20.1 Å². The van der Waals surface area contributed by atoms with Gasteiger partial charge in [0.05, 0.1) is 12.8 Å². The highest BCUT2D eigenvalue weighted by molar-refractivity contribution is 6.28. The minimum absolute atomic E-state index is 0.246. The van der Waals surface area contributed by atoms with Gasteiger partial charge in [-0.2, -0.15) is 0 Å². The van der Waals surface area contributed by atoms with Gasteiger partial charge >= 0.3 is 17.5 Å². The zero-order valence-electron chi connectivity index (χ0n) is 14.9. The number of para-hydroxylation sites is 1. The number of carbonyl (C=O) groups excluding carboxylic acids is 2. The highest BCUT2D eigenvalue weighted by atomic mass is 16.6. The number of rotatable bonds is 4. The Hall–Kier alpha value is -4.18. The third-order valence-electron chi connectivity index (χ3n) is 4.14. The number of ether oxygens (including phenoxy) is 1. The summed E-state index contributed by atoms with van der Waals surface area (Å²) in [5, 5.41) is 20.4. The molecular weight excluding hydrogens is 358 g/mol. The number of nitrogens with zero attached hydrogens (tertiary/aromatic N) is 3. The second-order valence-electron chi connectivity index (χ2n) is 5.77. The molecule has 3 aromatic carbocycles. The third kappa shape index (κ3) is 3.39. The van der Waals surface area contributed by atoms with Gasteiger partial charge in [-0.1, -0.05) is 54.6 Å². The number of hydrogen-bond acceptors (Lipinski definition) is 5. The maximum absolute atomic E-state index is 13.4. The monoisotopic (exact) mass is 374 g/mol. The van der Waals surface area contributed by atoms with E-state index in [4.69, 9.17) is 0 Å². The van der Waals surface area contributed by atoms with Gasteiger partial charge in [-0.05, 0) is 29.0 Å². The molecule has 0 bridgehead atoms. The maximum atomic E-state index is 13.4. The number of amides is 2. The Bertz CT molecular complexity index is 1110. The zero-order valence-corrected chi connectivity index (χ0v) is 14.9. The first-order valence-corrected chi connectivity index (χ1v) is 8.32. The summed E-state index contributed by atoms with van der Waals surface area (Å²) in [4.78, 5) is 30.0. The van der Waals surface area contributed by atoms with Crippen molar-refractivity contribution in [1.29, 1.82) is 5.39 Å². The molecule has 28 heavy (non-hydrogen) atoms. The standard InChI is InChI=1S/C21H15N3O4/c1-28-21(27)18(23-22)20(26)24(15-10-3-2-4-11-15)19(25)17-13-7-9-14-8-5-6-12-16(14)17/h2-13H,1H3/p+1. The van der Waals surface area contributed by atoms with E-state index in [0.717, 1.165) is 17.4 Å². The number of carbonyl (C=O) groups is 2.